The van der Waals surface area contributed by atoms with Crippen LogP contribution in [-0.2, 0) is 16.1 Å². The van der Waals surface area contributed by atoms with Gasteiger partial charge in [0.15, 0.2) is 0 Å². The Morgan fingerprint density at radius 3 is 2.67 bits per heavy atom. The van der Waals surface area contributed by atoms with Crippen LogP contribution in [0, 0.1) is 11.8 Å². The molecule has 3 heteroatoms. The van der Waals surface area contributed by atoms with E-state index in [1.807, 2.05) is 13.0 Å². The summed E-state index contributed by atoms with van der Waals surface area (Å²) in [6, 6.07) is 10.5. The first-order valence-electron chi connectivity index (χ1n) is 8.17. The van der Waals surface area contributed by atoms with Gasteiger partial charge in [-0.2, -0.15) is 0 Å². The lowest BCUT2D eigenvalue weighted by Crippen LogP contribution is -2.25. The molecule has 0 N–H and O–H groups in total. The number of likely N-dealkylation sites (tertiary alicyclic amines) is 1. The first kappa shape index (κ1) is 16.0. The summed E-state index contributed by atoms with van der Waals surface area (Å²) in [4.78, 5) is 14.6. The van der Waals surface area contributed by atoms with E-state index in [1.54, 1.807) is 0 Å². The maximum absolute atomic E-state index is 12.2. The molecule has 2 rings (SSSR count). The fraction of sp³-hybridized carbons (Fsp3) is 0.611. The van der Waals surface area contributed by atoms with Gasteiger partial charge in [-0.3, -0.25) is 9.69 Å². The number of nitrogens with zero attached hydrogens (tertiary/aromatic N) is 1. The largest absolute Gasteiger partial charge is 0.466 e. The maximum Gasteiger partial charge on any atom is 0.310 e. The average molecular weight is 289 g/mol. The van der Waals surface area contributed by atoms with Crippen LogP contribution < -0.4 is 0 Å². The SMILES string of the molecule is CCCC[C@H]1CN(Cc2ccccc2)C[C@@H]1C(=O)OCC. The van der Waals surface area contributed by atoms with Gasteiger partial charge in [0.2, 0.25) is 0 Å². The topological polar surface area (TPSA) is 29.5 Å². The number of rotatable bonds is 7. The molecule has 21 heavy (non-hydrogen) atoms. The van der Waals surface area contributed by atoms with Crippen molar-refractivity contribution in [3.05, 3.63) is 35.9 Å². The predicted molar refractivity (Wildman–Crippen MR) is 84.9 cm³/mol. The van der Waals surface area contributed by atoms with E-state index in [2.05, 4.69) is 36.1 Å². The summed E-state index contributed by atoms with van der Waals surface area (Å²) >= 11 is 0. The van der Waals surface area contributed by atoms with E-state index in [0.717, 1.165) is 26.1 Å². The van der Waals surface area contributed by atoms with Crippen molar-refractivity contribution in [2.75, 3.05) is 19.7 Å². The van der Waals surface area contributed by atoms with Crippen LogP contribution in [0.3, 0.4) is 0 Å². The third-order valence-electron chi connectivity index (χ3n) is 4.28. The van der Waals surface area contributed by atoms with E-state index in [9.17, 15) is 4.79 Å². The molecule has 3 nitrogen and oxygen atoms in total. The molecule has 1 aliphatic rings. The van der Waals surface area contributed by atoms with Gasteiger partial charge in [0.05, 0.1) is 12.5 Å². The van der Waals surface area contributed by atoms with Gasteiger partial charge < -0.3 is 4.74 Å². The Kier molecular flexibility index (Phi) is 6.24. The van der Waals surface area contributed by atoms with E-state index in [4.69, 9.17) is 4.74 Å². The standard InChI is InChI=1S/C18H27NO2/c1-3-5-11-16-13-19(12-15-9-7-6-8-10-15)14-17(16)18(20)21-4-2/h6-10,16-17H,3-5,11-14H2,1-2H3/t16-,17-/m0/s1. The van der Waals surface area contributed by atoms with Crippen LogP contribution in [0.25, 0.3) is 0 Å². The highest BCUT2D eigenvalue weighted by molar-refractivity contribution is 5.73. The molecule has 0 unspecified atom stereocenters. The number of esters is 1. The van der Waals surface area contributed by atoms with Crippen molar-refractivity contribution in [3.8, 4) is 0 Å². The van der Waals surface area contributed by atoms with Crippen LogP contribution >= 0.6 is 0 Å². The van der Waals surface area contributed by atoms with Crippen molar-refractivity contribution in [1.82, 2.24) is 4.90 Å². The monoisotopic (exact) mass is 289 g/mol. The smallest absolute Gasteiger partial charge is 0.310 e. The molecule has 2 atom stereocenters. The second-order valence-corrected chi connectivity index (χ2v) is 5.94. The van der Waals surface area contributed by atoms with Crippen LogP contribution in [0.4, 0.5) is 0 Å². The Bertz CT molecular complexity index is 432. The van der Waals surface area contributed by atoms with Crippen molar-refractivity contribution < 1.29 is 9.53 Å². The lowest BCUT2D eigenvalue weighted by Gasteiger charge is -2.16. The van der Waals surface area contributed by atoms with Crippen LogP contribution in [0.5, 0.6) is 0 Å². The number of benzene rings is 1. The molecule has 1 aliphatic heterocycles. The number of ether oxygens (including phenoxy) is 1. The van der Waals surface area contributed by atoms with Crippen molar-refractivity contribution in [3.63, 3.8) is 0 Å². The molecule has 0 aliphatic carbocycles. The van der Waals surface area contributed by atoms with Crippen molar-refractivity contribution in [2.45, 2.75) is 39.7 Å². The van der Waals surface area contributed by atoms with Crippen molar-refractivity contribution >= 4 is 5.97 Å². The first-order chi connectivity index (χ1) is 10.2. The molecule has 1 saturated heterocycles. The Balaban J connectivity index is 1.97. The molecule has 0 radical (unpaired) electrons. The molecule has 0 amide bonds. The summed E-state index contributed by atoms with van der Waals surface area (Å²) in [5.74, 6) is 0.502. The zero-order valence-corrected chi connectivity index (χ0v) is 13.3. The van der Waals surface area contributed by atoms with Crippen LogP contribution in [0.1, 0.15) is 38.7 Å². The summed E-state index contributed by atoms with van der Waals surface area (Å²) in [5.41, 5.74) is 1.32. The van der Waals surface area contributed by atoms with Gasteiger partial charge in [0, 0.05) is 19.6 Å². The number of hydrogen-bond donors (Lipinski definition) is 0. The van der Waals surface area contributed by atoms with E-state index < -0.39 is 0 Å². The summed E-state index contributed by atoms with van der Waals surface area (Å²) in [7, 11) is 0. The molecule has 0 bridgehead atoms. The maximum atomic E-state index is 12.2. The van der Waals surface area contributed by atoms with Crippen molar-refractivity contribution in [2.24, 2.45) is 11.8 Å². The minimum atomic E-state index is -0.00540. The zero-order valence-electron chi connectivity index (χ0n) is 13.3. The fourth-order valence-electron chi connectivity index (χ4n) is 3.21. The summed E-state index contributed by atoms with van der Waals surface area (Å²) < 4.78 is 5.27. The van der Waals surface area contributed by atoms with E-state index >= 15 is 0 Å². The third-order valence-corrected chi connectivity index (χ3v) is 4.28. The molecule has 0 spiro atoms. The van der Waals surface area contributed by atoms with Crippen LogP contribution in [0.15, 0.2) is 30.3 Å². The lowest BCUT2D eigenvalue weighted by molar-refractivity contribution is -0.148. The van der Waals surface area contributed by atoms with Gasteiger partial charge in [-0.1, -0.05) is 50.1 Å². The lowest BCUT2D eigenvalue weighted by atomic mass is 9.91. The first-order valence-corrected chi connectivity index (χ1v) is 8.17. The Morgan fingerprint density at radius 2 is 2.00 bits per heavy atom. The molecular weight excluding hydrogens is 262 g/mol. The number of unbranched alkanes of at least 4 members (excludes halogenated alkanes) is 1. The van der Waals surface area contributed by atoms with Gasteiger partial charge in [-0.15, -0.1) is 0 Å². The average Bonchev–Trinajstić information content (AvgIpc) is 2.89. The van der Waals surface area contributed by atoms with Gasteiger partial charge >= 0.3 is 5.97 Å². The van der Waals surface area contributed by atoms with E-state index in [1.165, 1.54) is 18.4 Å². The van der Waals surface area contributed by atoms with Crippen LogP contribution in [0.2, 0.25) is 0 Å². The van der Waals surface area contributed by atoms with Gasteiger partial charge in [0.25, 0.3) is 0 Å². The predicted octanol–water partition coefficient (Wildman–Crippen LogP) is 3.49. The molecular formula is C18H27NO2. The summed E-state index contributed by atoms with van der Waals surface area (Å²) in [6.45, 7) is 7.35. The highest BCUT2D eigenvalue weighted by Crippen LogP contribution is 2.30. The second kappa shape index (κ2) is 8.18. The molecule has 1 aromatic carbocycles. The molecule has 0 saturated carbocycles. The highest BCUT2D eigenvalue weighted by Gasteiger charge is 2.37. The minimum absolute atomic E-state index is 0.00540. The minimum Gasteiger partial charge on any atom is -0.466 e. The van der Waals surface area contributed by atoms with Gasteiger partial charge in [-0.25, -0.2) is 0 Å². The quantitative estimate of drug-likeness (QED) is 0.720. The highest BCUT2D eigenvalue weighted by atomic mass is 16.5. The van der Waals surface area contributed by atoms with Crippen LogP contribution in [-0.4, -0.2) is 30.6 Å². The summed E-state index contributed by atoms with van der Waals surface area (Å²) in [5, 5.41) is 0. The summed E-state index contributed by atoms with van der Waals surface area (Å²) in [6.07, 6.45) is 3.51. The number of carbonyl (C=O) groups is 1. The van der Waals surface area contributed by atoms with Gasteiger partial charge in [-0.05, 0) is 24.8 Å². The molecule has 0 aromatic heterocycles. The van der Waals surface area contributed by atoms with E-state index in [0.29, 0.717) is 12.5 Å². The third kappa shape index (κ3) is 4.57. The van der Waals surface area contributed by atoms with E-state index in [-0.39, 0.29) is 11.9 Å². The zero-order chi connectivity index (χ0) is 15.1. The number of carbonyl (C=O) groups excluding carboxylic acids is 1. The molecule has 1 fully saturated rings. The Hall–Kier alpha value is -1.35. The normalized spacial score (nSPS) is 22.4. The second-order valence-electron chi connectivity index (χ2n) is 5.94. The fourth-order valence-corrected chi connectivity index (χ4v) is 3.21. The molecule has 1 heterocycles. The van der Waals surface area contributed by atoms with Crippen molar-refractivity contribution in [1.29, 1.82) is 0 Å². The Labute approximate surface area is 128 Å². The van der Waals surface area contributed by atoms with Gasteiger partial charge in [0.1, 0.15) is 0 Å². The molecule has 116 valence electrons. The Morgan fingerprint density at radius 1 is 1.24 bits per heavy atom. The molecule has 1 aromatic rings. The number of hydrogen-bond acceptors (Lipinski definition) is 3.